The van der Waals surface area contributed by atoms with Crippen LogP contribution in [0.2, 0.25) is 0 Å². The molecule has 1 aliphatic heterocycles. The predicted octanol–water partition coefficient (Wildman–Crippen LogP) is 4.14. The van der Waals surface area contributed by atoms with Crippen molar-refractivity contribution >= 4 is 0 Å². The molecule has 0 unspecified atom stereocenters. The first-order chi connectivity index (χ1) is 10.4. The van der Waals surface area contributed by atoms with E-state index in [9.17, 15) is 13.2 Å². The summed E-state index contributed by atoms with van der Waals surface area (Å²) >= 11 is 0. The molecule has 0 fully saturated rings. The molecule has 3 nitrogen and oxygen atoms in total. The fraction of sp³-hybridized carbons (Fsp3) is 0.188. The van der Waals surface area contributed by atoms with Crippen LogP contribution in [0.15, 0.2) is 48.9 Å². The van der Waals surface area contributed by atoms with Gasteiger partial charge < -0.3 is 9.47 Å². The fourth-order valence-electron chi connectivity index (χ4n) is 2.19. The first-order valence-corrected chi connectivity index (χ1v) is 6.55. The molecule has 0 N–H and O–H groups in total. The zero-order valence-corrected chi connectivity index (χ0v) is 11.5. The van der Waals surface area contributed by atoms with E-state index in [0.29, 0.717) is 12.2 Å². The highest BCUT2D eigenvalue weighted by atomic mass is 19.4. The molecular weight excluding hydrogens is 295 g/mol. The molecule has 2 heterocycles. The summed E-state index contributed by atoms with van der Waals surface area (Å²) in [5, 5.41) is 0. The van der Waals surface area contributed by atoms with Gasteiger partial charge in [0.2, 0.25) is 5.88 Å². The number of pyridine rings is 1. The Balaban J connectivity index is 1.76. The molecule has 114 valence electrons. The van der Waals surface area contributed by atoms with Gasteiger partial charge in [0.15, 0.2) is 6.61 Å². The number of allylic oxidation sites excluding steroid dienone is 1. The molecule has 2 aromatic rings. The minimum absolute atomic E-state index is 0.0565. The van der Waals surface area contributed by atoms with Crippen LogP contribution < -0.4 is 9.47 Å². The van der Waals surface area contributed by atoms with Gasteiger partial charge in [0.05, 0.1) is 0 Å². The van der Waals surface area contributed by atoms with Gasteiger partial charge in [0, 0.05) is 29.8 Å². The van der Waals surface area contributed by atoms with E-state index >= 15 is 0 Å². The summed E-state index contributed by atoms with van der Waals surface area (Å²) in [4.78, 5) is 3.90. The minimum atomic E-state index is -4.37. The Kier molecular flexibility index (Phi) is 3.52. The SMILES string of the molecule is C=C1Cc2cc(-c3ccc(OCC(F)(F)F)nc3)ccc2O1. The van der Waals surface area contributed by atoms with Crippen LogP contribution in [0.1, 0.15) is 5.56 Å². The third-order valence-corrected chi connectivity index (χ3v) is 3.16. The predicted molar refractivity (Wildman–Crippen MR) is 74.7 cm³/mol. The highest BCUT2D eigenvalue weighted by Gasteiger charge is 2.28. The number of halogens is 3. The van der Waals surface area contributed by atoms with Crippen LogP contribution in [0.25, 0.3) is 11.1 Å². The van der Waals surface area contributed by atoms with Crippen LogP contribution in [-0.4, -0.2) is 17.8 Å². The summed E-state index contributed by atoms with van der Waals surface area (Å²) in [6.45, 7) is 2.43. The summed E-state index contributed by atoms with van der Waals surface area (Å²) in [6.07, 6.45) is -2.23. The quantitative estimate of drug-likeness (QED) is 0.854. The average molecular weight is 307 g/mol. The number of benzene rings is 1. The Bertz CT molecular complexity index is 708. The Hall–Kier alpha value is -2.50. The van der Waals surface area contributed by atoms with E-state index in [1.807, 2.05) is 18.2 Å². The van der Waals surface area contributed by atoms with Crippen molar-refractivity contribution in [3.8, 4) is 22.8 Å². The second-order valence-corrected chi connectivity index (χ2v) is 4.93. The van der Waals surface area contributed by atoms with Crippen molar-refractivity contribution in [1.29, 1.82) is 0 Å². The maximum absolute atomic E-state index is 12.1. The molecule has 0 spiro atoms. The average Bonchev–Trinajstić information content (AvgIpc) is 2.84. The van der Waals surface area contributed by atoms with E-state index in [1.54, 1.807) is 6.07 Å². The van der Waals surface area contributed by atoms with Crippen LogP contribution in [0.4, 0.5) is 13.2 Å². The second kappa shape index (κ2) is 5.36. The standard InChI is InChI=1S/C16H12F3NO2/c1-10-6-13-7-11(2-4-14(13)22-10)12-3-5-15(20-8-12)21-9-16(17,18)19/h2-5,7-8H,1,6,9H2. The summed E-state index contributed by atoms with van der Waals surface area (Å²) in [7, 11) is 0. The van der Waals surface area contributed by atoms with E-state index in [-0.39, 0.29) is 5.88 Å². The van der Waals surface area contributed by atoms with Crippen LogP contribution in [0, 0.1) is 0 Å². The van der Waals surface area contributed by atoms with Crippen molar-refractivity contribution in [3.05, 3.63) is 54.4 Å². The number of aromatic nitrogens is 1. The Labute approximate surface area is 125 Å². The topological polar surface area (TPSA) is 31.4 Å². The Morgan fingerprint density at radius 1 is 1.18 bits per heavy atom. The number of hydrogen-bond donors (Lipinski definition) is 0. The summed E-state index contributed by atoms with van der Waals surface area (Å²) < 4.78 is 46.2. The second-order valence-electron chi connectivity index (χ2n) is 4.93. The van der Waals surface area contributed by atoms with Crippen molar-refractivity contribution in [2.75, 3.05) is 6.61 Å². The molecule has 6 heteroatoms. The zero-order valence-electron chi connectivity index (χ0n) is 11.5. The number of hydrogen-bond acceptors (Lipinski definition) is 3. The lowest BCUT2D eigenvalue weighted by Gasteiger charge is -2.09. The molecule has 0 amide bonds. The number of fused-ring (bicyclic) bond motifs is 1. The monoisotopic (exact) mass is 307 g/mol. The van der Waals surface area contributed by atoms with Gasteiger partial charge in [-0.15, -0.1) is 0 Å². The first kappa shape index (κ1) is 14.4. The molecule has 0 radical (unpaired) electrons. The number of ether oxygens (including phenoxy) is 2. The van der Waals surface area contributed by atoms with Gasteiger partial charge >= 0.3 is 6.18 Å². The van der Waals surface area contributed by atoms with Gasteiger partial charge in [-0.1, -0.05) is 12.6 Å². The summed E-state index contributed by atoms with van der Waals surface area (Å²) in [6, 6.07) is 8.76. The van der Waals surface area contributed by atoms with Crippen molar-refractivity contribution in [1.82, 2.24) is 4.98 Å². The molecule has 0 atom stereocenters. The van der Waals surface area contributed by atoms with Crippen molar-refractivity contribution in [3.63, 3.8) is 0 Å². The minimum Gasteiger partial charge on any atom is -0.468 e. The van der Waals surface area contributed by atoms with E-state index in [0.717, 1.165) is 22.4 Å². The molecule has 1 aromatic carbocycles. The largest absolute Gasteiger partial charge is 0.468 e. The number of alkyl halides is 3. The van der Waals surface area contributed by atoms with Crippen molar-refractivity contribution in [2.45, 2.75) is 12.6 Å². The number of nitrogens with zero attached hydrogens (tertiary/aromatic N) is 1. The maximum atomic E-state index is 12.1. The Morgan fingerprint density at radius 2 is 1.95 bits per heavy atom. The molecule has 0 aliphatic carbocycles. The lowest BCUT2D eigenvalue weighted by atomic mass is 10.0. The van der Waals surface area contributed by atoms with Gasteiger partial charge in [-0.3, -0.25) is 0 Å². The third-order valence-electron chi connectivity index (χ3n) is 3.16. The van der Waals surface area contributed by atoms with Gasteiger partial charge in [-0.05, 0) is 23.8 Å². The molecule has 0 saturated carbocycles. The molecule has 1 aromatic heterocycles. The molecule has 0 bridgehead atoms. The van der Waals surface area contributed by atoms with E-state index < -0.39 is 12.8 Å². The summed E-state index contributed by atoms with van der Waals surface area (Å²) in [5.41, 5.74) is 2.73. The van der Waals surface area contributed by atoms with Crippen LogP contribution in [-0.2, 0) is 6.42 Å². The normalized spacial score (nSPS) is 13.7. The van der Waals surface area contributed by atoms with E-state index in [4.69, 9.17) is 4.74 Å². The van der Waals surface area contributed by atoms with Crippen molar-refractivity contribution in [2.24, 2.45) is 0 Å². The van der Waals surface area contributed by atoms with E-state index in [2.05, 4.69) is 16.3 Å². The highest BCUT2D eigenvalue weighted by molar-refractivity contribution is 5.66. The summed E-state index contributed by atoms with van der Waals surface area (Å²) in [5.74, 6) is 1.42. The molecule has 1 aliphatic rings. The molecule has 22 heavy (non-hydrogen) atoms. The van der Waals surface area contributed by atoms with E-state index in [1.165, 1.54) is 12.3 Å². The third kappa shape index (κ3) is 3.21. The van der Waals surface area contributed by atoms with Crippen molar-refractivity contribution < 1.29 is 22.6 Å². The van der Waals surface area contributed by atoms with Gasteiger partial charge in [-0.2, -0.15) is 13.2 Å². The van der Waals surface area contributed by atoms with Crippen LogP contribution in [0.5, 0.6) is 11.6 Å². The zero-order chi connectivity index (χ0) is 15.7. The van der Waals surface area contributed by atoms with Gasteiger partial charge in [0.25, 0.3) is 0 Å². The number of rotatable bonds is 3. The van der Waals surface area contributed by atoms with Crippen LogP contribution in [0.3, 0.4) is 0 Å². The first-order valence-electron chi connectivity index (χ1n) is 6.55. The molecule has 3 rings (SSSR count). The lowest BCUT2D eigenvalue weighted by Crippen LogP contribution is -2.19. The van der Waals surface area contributed by atoms with Gasteiger partial charge in [0.1, 0.15) is 11.5 Å². The smallest absolute Gasteiger partial charge is 0.422 e. The van der Waals surface area contributed by atoms with Crippen LogP contribution >= 0.6 is 0 Å². The van der Waals surface area contributed by atoms with Gasteiger partial charge in [-0.25, -0.2) is 4.98 Å². The Morgan fingerprint density at radius 3 is 2.64 bits per heavy atom. The fourth-order valence-corrected chi connectivity index (χ4v) is 2.19. The maximum Gasteiger partial charge on any atom is 0.422 e. The molecule has 0 saturated heterocycles. The molecular formula is C16H12F3NO2. The highest BCUT2D eigenvalue weighted by Crippen LogP contribution is 2.33. The lowest BCUT2D eigenvalue weighted by molar-refractivity contribution is -0.154.